The minimum Gasteiger partial charge on any atom is -0.282 e. The van der Waals surface area contributed by atoms with Gasteiger partial charge in [-0.25, -0.2) is 0 Å². The fraction of sp³-hybridized carbons (Fsp3) is 0. The summed E-state index contributed by atoms with van der Waals surface area (Å²) in [5.74, 6) is 0. The summed E-state index contributed by atoms with van der Waals surface area (Å²) >= 11 is 0. The van der Waals surface area contributed by atoms with Crippen LogP contribution in [0.1, 0.15) is 0 Å². The van der Waals surface area contributed by atoms with Crippen LogP contribution in [-0.4, -0.2) is 81.4 Å². The molecule has 0 unspecified atom stereocenters. The van der Waals surface area contributed by atoms with Crippen LogP contribution in [0.15, 0.2) is 92.4 Å². The van der Waals surface area contributed by atoms with Crippen LogP contribution >= 0.6 is 0 Å². The summed E-state index contributed by atoms with van der Waals surface area (Å²) in [5.41, 5.74) is 0. The fourth-order valence-corrected chi connectivity index (χ4v) is 7.39. The van der Waals surface area contributed by atoms with E-state index in [1.807, 2.05) is 0 Å². The average Bonchev–Trinajstić information content (AvgIpc) is 2.75. The van der Waals surface area contributed by atoms with Crippen molar-refractivity contribution in [2.24, 2.45) is 0 Å². The molecule has 4 N–H and O–H groups in total. The van der Waals surface area contributed by atoms with Crippen LogP contribution < -0.4 is 0 Å². The Hall–Kier alpha value is -1.96. The molecule has 1 radical (unpaired) electrons. The van der Waals surface area contributed by atoms with Gasteiger partial charge in [0.1, 0.15) is 19.6 Å². The molecule has 193 valence electrons. The van der Waals surface area contributed by atoms with Gasteiger partial charge in [-0.15, -0.1) is 0 Å². The molecule has 4 aromatic rings. The van der Waals surface area contributed by atoms with Crippen molar-refractivity contribution in [3.05, 3.63) is 72.8 Å². The van der Waals surface area contributed by atoms with Crippen molar-refractivity contribution in [1.29, 1.82) is 0 Å². The summed E-state index contributed by atoms with van der Waals surface area (Å²) in [5, 5.41) is 0.903. The van der Waals surface area contributed by atoms with E-state index in [9.17, 15) is 33.7 Å². The molecule has 0 fully saturated rings. The predicted octanol–water partition coefficient (Wildman–Crippen LogP) is 2.29. The van der Waals surface area contributed by atoms with Gasteiger partial charge in [0.15, 0.2) is 0 Å². The topological polar surface area (TPSA) is 217 Å². The van der Waals surface area contributed by atoms with Gasteiger partial charge in [0.25, 0.3) is 40.5 Å². The van der Waals surface area contributed by atoms with Crippen molar-refractivity contribution in [3.8, 4) is 0 Å². The van der Waals surface area contributed by atoms with Gasteiger partial charge in [0.05, 0.1) is 0 Å². The number of rotatable bonds is 4. The van der Waals surface area contributed by atoms with Crippen LogP contribution in [0.25, 0.3) is 21.5 Å². The molecular weight excluding hydrogens is 583 g/mol. The van der Waals surface area contributed by atoms with Crippen LogP contribution in [-0.2, 0) is 40.5 Å². The monoisotopic (exact) mass is 599 g/mol. The van der Waals surface area contributed by atoms with Crippen LogP contribution in [0.2, 0.25) is 0 Å². The molecule has 0 aromatic heterocycles. The van der Waals surface area contributed by atoms with Crippen LogP contribution in [0, 0.1) is 0 Å². The summed E-state index contributed by atoms with van der Waals surface area (Å²) in [6, 6.07) is 16.6. The third-order valence-electron chi connectivity index (χ3n) is 4.76. The predicted molar refractivity (Wildman–Crippen MR) is 133 cm³/mol. The van der Waals surface area contributed by atoms with Crippen molar-refractivity contribution in [2.75, 3.05) is 0 Å². The standard InChI is InChI=1S/2C10H8O6S2.Na/c2*11-17(12,13)9-6-5-7-3-1-2-4-8(7)10(9)18(14,15)16;/h2*1-6H,(H,11,12,13)(H,14,15,16);. The molecule has 0 atom stereocenters. The quantitative estimate of drug-likeness (QED) is 0.196. The molecule has 17 heteroatoms. The molecule has 0 spiro atoms. The van der Waals surface area contributed by atoms with Gasteiger partial charge in [-0.1, -0.05) is 60.7 Å². The van der Waals surface area contributed by atoms with Gasteiger partial charge in [0.2, 0.25) is 0 Å². The van der Waals surface area contributed by atoms with Crippen molar-refractivity contribution in [3.63, 3.8) is 0 Å². The first-order valence-corrected chi connectivity index (χ1v) is 15.1. The van der Waals surface area contributed by atoms with Crippen LogP contribution in [0.5, 0.6) is 0 Å². The molecule has 0 saturated carbocycles. The largest absolute Gasteiger partial charge is 0.296 e. The molecule has 0 amide bonds. The fourth-order valence-electron chi connectivity index (χ4n) is 3.38. The summed E-state index contributed by atoms with van der Waals surface area (Å²) in [7, 11) is -19.1. The number of hydrogen-bond acceptors (Lipinski definition) is 8. The minimum absolute atomic E-state index is 0. The van der Waals surface area contributed by atoms with E-state index in [1.165, 1.54) is 36.4 Å². The van der Waals surface area contributed by atoms with E-state index in [0.29, 0.717) is 10.8 Å². The normalized spacial score (nSPS) is 12.4. The third kappa shape index (κ3) is 7.12. The van der Waals surface area contributed by atoms with Crippen molar-refractivity contribution in [1.82, 2.24) is 0 Å². The molecule has 0 aliphatic rings. The second-order valence-electron chi connectivity index (χ2n) is 7.13. The zero-order valence-electron chi connectivity index (χ0n) is 18.6. The molecule has 4 rings (SSSR count). The molecule has 0 bridgehead atoms. The summed E-state index contributed by atoms with van der Waals surface area (Å²) in [6.07, 6.45) is 0. The molecule has 0 aliphatic heterocycles. The molecule has 0 saturated heterocycles. The Balaban J connectivity index is 0.000000253. The Morgan fingerprint density at radius 1 is 0.405 bits per heavy atom. The molecular formula is C20H16NaO12S4. The molecule has 4 aromatic carbocycles. The maximum atomic E-state index is 11.3. The SMILES string of the molecule is O=S(=O)(O)c1ccc2ccccc2c1S(=O)(=O)O.O=S(=O)(O)c1ccc2ccccc2c1S(=O)(=O)O.[Na]. The van der Waals surface area contributed by atoms with E-state index in [1.54, 1.807) is 24.3 Å². The van der Waals surface area contributed by atoms with E-state index >= 15 is 0 Å². The van der Waals surface area contributed by atoms with Gasteiger partial charge >= 0.3 is 0 Å². The Labute approximate surface area is 234 Å². The Morgan fingerprint density at radius 2 is 0.703 bits per heavy atom. The van der Waals surface area contributed by atoms with Gasteiger partial charge in [-0.05, 0) is 22.9 Å². The second kappa shape index (κ2) is 11.0. The zero-order chi connectivity index (χ0) is 27.1. The first-order chi connectivity index (χ1) is 16.4. The smallest absolute Gasteiger partial charge is 0.282 e. The maximum Gasteiger partial charge on any atom is 0.296 e. The van der Waals surface area contributed by atoms with E-state index < -0.39 is 60.1 Å². The van der Waals surface area contributed by atoms with Gasteiger partial charge in [0, 0.05) is 40.3 Å². The number of hydrogen-bond donors (Lipinski definition) is 4. The van der Waals surface area contributed by atoms with Gasteiger partial charge < -0.3 is 0 Å². The Kier molecular flexibility index (Phi) is 9.32. The van der Waals surface area contributed by atoms with Crippen molar-refractivity contribution >= 4 is 91.6 Å². The zero-order valence-corrected chi connectivity index (χ0v) is 23.9. The van der Waals surface area contributed by atoms with Gasteiger partial charge in [-0.2, -0.15) is 33.7 Å². The van der Waals surface area contributed by atoms with Gasteiger partial charge in [-0.3, -0.25) is 18.2 Å². The number of benzene rings is 4. The van der Waals surface area contributed by atoms with Crippen molar-refractivity contribution in [2.45, 2.75) is 19.6 Å². The minimum atomic E-state index is -4.78. The number of fused-ring (bicyclic) bond motifs is 2. The molecule has 0 heterocycles. The summed E-state index contributed by atoms with van der Waals surface area (Å²) in [4.78, 5) is -3.32. The third-order valence-corrected chi connectivity index (χ3v) is 8.72. The Bertz CT molecular complexity index is 1790. The van der Waals surface area contributed by atoms with E-state index in [-0.39, 0.29) is 40.3 Å². The molecule has 37 heavy (non-hydrogen) atoms. The van der Waals surface area contributed by atoms with E-state index in [0.717, 1.165) is 12.1 Å². The first-order valence-electron chi connectivity index (χ1n) is 9.36. The van der Waals surface area contributed by atoms with Crippen LogP contribution in [0.3, 0.4) is 0 Å². The second-order valence-corrected chi connectivity index (χ2v) is 12.6. The molecule has 12 nitrogen and oxygen atoms in total. The molecule has 0 aliphatic carbocycles. The van der Waals surface area contributed by atoms with E-state index in [2.05, 4.69) is 0 Å². The average molecular weight is 600 g/mol. The maximum absolute atomic E-state index is 11.3. The summed E-state index contributed by atoms with van der Waals surface area (Å²) < 4.78 is 126. The first kappa shape index (κ1) is 31.3. The van der Waals surface area contributed by atoms with Crippen molar-refractivity contribution < 1.29 is 51.9 Å². The Morgan fingerprint density at radius 3 is 0.973 bits per heavy atom. The summed E-state index contributed by atoms with van der Waals surface area (Å²) in [6.45, 7) is 0. The van der Waals surface area contributed by atoms with E-state index in [4.69, 9.17) is 18.2 Å². The van der Waals surface area contributed by atoms with Crippen LogP contribution in [0.4, 0.5) is 0 Å².